The van der Waals surface area contributed by atoms with E-state index in [-0.39, 0.29) is 5.91 Å². The number of nitrogens with one attached hydrogen (secondary N) is 1. The van der Waals surface area contributed by atoms with Gasteiger partial charge in [0.05, 0.1) is 6.20 Å². The summed E-state index contributed by atoms with van der Waals surface area (Å²) in [5.74, 6) is 0.281. The van der Waals surface area contributed by atoms with Gasteiger partial charge in [0.1, 0.15) is 0 Å². The molecule has 0 radical (unpaired) electrons. The SMILES string of the molecule is CCn1nnnc1NC(=O)CCc1cnn(C)c1C. The van der Waals surface area contributed by atoms with Crippen molar-refractivity contribution in [2.45, 2.75) is 33.2 Å². The van der Waals surface area contributed by atoms with Gasteiger partial charge in [-0.05, 0) is 36.3 Å². The summed E-state index contributed by atoms with van der Waals surface area (Å²) in [6.45, 7) is 4.51. The van der Waals surface area contributed by atoms with Crippen LogP contribution in [0, 0.1) is 6.92 Å². The Morgan fingerprint density at radius 2 is 2.26 bits per heavy atom. The third kappa shape index (κ3) is 2.95. The summed E-state index contributed by atoms with van der Waals surface area (Å²) in [6.07, 6.45) is 2.82. The molecule has 0 unspecified atom stereocenters. The lowest BCUT2D eigenvalue weighted by molar-refractivity contribution is -0.116. The Hall–Kier alpha value is -2.25. The van der Waals surface area contributed by atoms with Gasteiger partial charge >= 0.3 is 0 Å². The zero-order valence-electron chi connectivity index (χ0n) is 11.3. The number of rotatable bonds is 5. The van der Waals surface area contributed by atoms with Crippen molar-refractivity contribution in [3.05, 3.63) is 17.5 Å². The van der Waals surface area contributed by atoms with Gasteiger partial charge in [-0.15, -0.1) is 0 Å². The van der Waals surface area contributed by atoms with Crippen molar-refractivity contribution in [1.29, 1.82) is 0 Å². The molecule has 2 rings (SSSR count). The van der Waals surface area contributed by atoms with Crippen LogP contribution in [0.25, 0.3) is 0 Å². The second-order valence-corrected chi connectivity index (χ2v) is 4.25. The Kier molecular flexibility index (Phi) is 3.88. The molecule has 0 saturated heterocycles. The van der Waals surface area contributed by atoms with Gasteiger partial charge in [0.25, 0.3) is 0 Å². The van der Waals surface area contributed by atoms with E-state index in [0.29, 0.717) is 25.3 Å². The highest BCUT2D eigenvalue weighted by atomic mass is 16.1. The molecule has 0 spiro atoms. The van der Waals surface area contributed by atoms with E-state index in [2.05, 4.69) is 25.9 Å². The quantitative estimate of drug-likeness (QED) is 0.838. The molecular weight excluding hydrogens is 246 g/mol. The maximum absolute atomic E-state index is 11.8. The fourth-order valence-electron chi connectivity index (χ4n) is 1.73. The predicted molar refractivity (Wildman–Crippen MR) is 68.4 cm³/mol. The normalized spacial score (nSPS) is 10.7. The highest BCUT2D eigenvalue weighted by molar-refractivity contribution is 5.89. The van der Waals surface area contributed by atoms with Gasteiger partial charge in [-0.3, -0.25) is 14.8 Å². The molecular formula is C11H17N7O. The number of carbonyl (C=O) groups is 1. The third-order valence-corrected chi connectivity index (χ3v) is 3.04. The van der Waals surface area contributed by atoms with Crippen molar-refractivity contribution in [2.75, 3.05) is 5.32 Å². The zero-order chi connectivity index (χ0) is 13.8. The van der Waals surface area contributed by atoms with Crippen LogP contribution in [0.5, 0.6) is 0 Å². The number of aromatic nitrogens is 6. The van der Waals surface area contributed by atoms with Crippen LogP contribution in [0.2, 0.25) is 0 Å². The van der Waals surface area contributed by atoms with Crippen molar-refractivity contribution in [2.24, 2.45) is 7.05 Å². The molecule has 19 heavy (non-hydrogen) atoms. The van der Waals surface area contributed by atoms with E-state index in [1.165, 1.54) is 4.68 Å². The molecule has 0 aromatic carbocycles. The Balaban J connectivity index is 1.90. The van der Waals surface area contributed by atoms with Crippen LogP contribution in [0.4, 0.5) is 5.95 Å². The van der Waals surface area contributed by atoms with Crippen molar-refractivity contribution in [3.8, 4) is 0 Å². The van der Waals surface area contributed by atoms with Crippen molar-refractivity contribution in [3.63, 3.8) is 0 Å². The van der Waals surface area contributed by atoms with Crippen LogP contribution < -0.4 is 5.32 Å². The second kappa shape index (κ2) is 5.59. The fourth-order valence-corrected chi connectivity index (χ4v) is 1.73. The molecule has 8 heteroatoms. The van der Waals surface area contributed by atoms with E-state index in [9.17, 15) is 4.79 Å². The van der Waals surface area contributed by atoms with Crippen LogP contribution >= 0.6 is 0 Å². The van der Waals surface area contributed by atoms with Crippen molar-refractivity contribution >= 4 is 11.9 Å². The number of hydrogen-bond donors (Lipinski definition) is 1. The van der Waals surface area contributed by atoms with Crippen LogP contribution in [-0.4, -0.2) is 35.9 Å². The zero-order valence-corrected chi connectivity index (χ0v) is 11.3. The van der Waals surface area contributed by atoms with E-state index < -0.39 is 0 Å². The average Bonchev–Trinajstić information content (AvgIpc) is 2.96. The molecule has 2 aromatic rings. The Morgan fingerprint density at radius 3 is 2.89 bits per heavy atom. The van der Waals surface area contributed by atoms with E-state index in [4.69, 9.17) is 0 Å². The molecule has 0 aliphatic carbocycles. The van der Waals surface area contributed by atoms with Gasteiger partial charge < -0.3 is 0 Å². The monoisotopic (exact) mass is 263 g/mol. The van der Waals surface area contributed by atoms with Gasteiger partial charge in [0, 0.05) is 25.7 Å². The molecule has 102 valence electrons. The first-order chi connectivity index (χ1) is 9.11. The maximum Gasteiger partial charge on any atom is 0.249 e. The molecule has 2 aromatic heterocycles. The Labute approximate surface area is 110 Å². The van der Waals surface area contributed by atoms with Crippen molar-refractivity contribution in [1.82, 2.24) is 30.0 Å². The van der Waals surface area contributed by atoms with Gasteiger partial charge in [0.2, 0.25) is 11.9 Å². The second-order valence-electron chi connectivity index (χ2n) is 4.25. The summed E-state index contributed by atoms with van der Waals surface area (Å²) in [4.78, 5) is 11.8. The minimum Gasteiger partial charge on any atom is -0.293 e. The smallest absolute Gasteiger partial charge is 0.249 e. The lowest BCUT2D eigenvalue weighted by Gasteiger charge is -2.04. The Bertz CT molecular complexity index is 571. The molecule has 1 amide bonds. The number of aryl methyl sites for hydroxylation is 3. The number of nitrogens with zero attached hydrogens (tertiary/aromatic N) is 6. The molecule has 0 saturated carbocycles. The number of carbonyl (C=O) groups excluding carboxylic acids is 1. The van der Waals surface area contributed by atoms with Crippen LogP contribution in [-0.2, 0) is 24.8 Å². The van der Waals surface area contributed by atoms with Crippen molar-refractivity contribution < 1.29 is 4.79 Å². The molecule has 0 aliphatic rings. The molecule has 8 nitrogen and oxygen atoms in total. The lowest BCUT2D eigenvalue weighted by atomic mass is 10.1. The number of amides is 1. The summed E-state index contributed by atoms with van der Waals surface area (Å²) in [5, 5.41) is 17.9. The minimum absolute atomic E-state index is 0.104. The van der Waals surface area contributed by atoms with Crippen LogP contribution in [0.3, 0.4) is 0 Å². The minimum atomic E-state index is -0.104. The predicted octanol–water partition coefficient (Wildman–Crippen LogP) is 0.306. The van der Waals surface area contributed by atoms with E-state index in [1.807, 2.05) is 20.9 Å². The highest BCUT2D eigenvalue weighted by Gasteiger charge is 2.10. The summed E-state index contributed by atoms with van der Waals surface area (Å²) in [5.41, 5.74) is 2.15. The van der Waals surface area contributed by atoms with Gasteiger partial charge in [-0.1, -0.05) is 5.10 Å². The largest absolute Gasteiger partial charge is 0.293 e. The number of anilines is 1. The molecule has 0 fully saturated rings. The number of hydrogen-bond acceptors (Lipinski definition) is 5. The van der Waals surface area contributed by atoms with E-state index >= 15 is 0 Å². The lowest BCUT2D eigenvalue weighted by Crippen LogP contribution is -2.16. The van der Waals surface area contributed by atoms with E-state index in [0.717, 1.165) is 11.3 Å². The highest BCUT2D eigenvalue weighted by Crippen LogP contribution is 2.09. The first kappa shape index (κ1) is 13.2. The third-order valence-electron chi connectivity index (χ3n) is 3.04. The summed E-state index contributed by atoms with van der Waals surface area (Å²) in [6, 6.07) is 0. The summed E-state index contributed by atoms with van der Waals surface area (Å²) in [7, 11) is 1.88. The van der Waals surface area contributed by atoms with Gasteiger partial charge in [0.15, 0.2) is 0 Å². The number of tetrazole rings is 1. The Morgan fingerprint density at radius 1 is 1.47 bits per heavy atom. The van der Waals surface area contributed by atoms with E-state index in [1.54, 1.807) is 10.9 Å². The standard InChI is InChI=1S/C11H17N7O/c1-4-18-11(14-15-16-18)13-10(19)6-5-9-7-12-17(3)8(9)2/h7H,4-6H2,1-3H3,(H,13,14,16,19). The van der Waals surface area contributed by atoms with Crippen LogP contribution in [0.1, 0.15) is 24.6 Å². The van der Waals surface area contributed by atoms with Crippen LogP contribution in [0.15, 0.2) is 6.20 Å². The molecule has 1 N–H and O–H groups in total. The average molecular weight is 263 g/mol. The molecule has 2 heterocycles. The molecule has 0 bridgehead atoms. The topological polar surface area (TPSA) is 90.5 Å². The molecule has 0 aliphatic heterocycles. The first-order valence-corrected chi connectivity index (χ1v) is 6.15. The van der Waals surface area contributed by atoms with Gasteiger partial charge in [-0.2, -0.15) is 5.10 Å². The maximum atomic E-state index is 11.8. The molecule has 0 atom stereocenters. The fraction of sp³-hybridized carbons (Fsp3) is 0.545. The summed E-state index contributed by atoms with van der Waals surface area (Å²) < 4.78 is 3.33. The van der Waals surface area contributed by atoms with Gasteiger partial charge in [-0.25, -0.2) is 4.68 Å². The summed E-state index contributed by atoms with van der Waals surface area (Å²) >= 11 is 0. The first-order valence-electron chi connectivity index (χ1n) is 6.15.